The minimum Gasteiger partial charge on any atom is -0.309 e. The van der Waals surface area contributed by atoms with Crippen LogP contribution < -0.4 is 0 Å². The highest BCUT2D eigenvalue weighted by Gasteiger charge is 2.27. The number of benzene rings is 20. The van der Waals surface area contributed by atoms with Crippen molar-refractivity contribution < 1.29 is 0 Å². The number of nitrogens with zero attached hydrogens (tertiary/aromatic N) is 3. The normalized spacial score (nSPS) is 12.1. The molecule has 0 amide bonds. The van der Waals surface area contributed by atoms with E-state index in [2.05, 4.69) is 408 Å². The van der Waals surface area contributed by atoms with E-state index in [1.54, 1.807) is 0 Å². The molecule has 20 aromatic carbocycles. The molecule has 3 aromatic heterocycles. The third-order valence-electron chi connectivity index (χ3n) is 24.3. The van der Waals surface area contributed by atoms with E-state index >= 15 is 0 Å². The van der Waals surface area contributed by atoms with Crippen LogP contribution >= 0.6 is 0 Å². The summed E-state index contributed by atoms with van der Waals surface area (Å²) in [6, 6.07) is 145. The van der Waals surface area contributed by atoms with Crippen LogP contribution in [-0.4, -0.2) is 13.7 Å². The molecule has 0 saturated carbocycles. The van der Waals surface area contributed by atoms with Gasteiger partial charge in [0.05, 0.1) is 38.8 Å². The largest absolute Gasteiger partial charge is 0.309 e. The molecule has 0 radical (unpaired) electrons. The van der Waals surface area contributed by atoms with Gasteiger partial charge in [0.25, 0.3) is 0 Å². The molecule has 111 heavy (non-hydrogen) atoms. The van der Waals surface area contributed by atoms with Crippen molar-refractivity contribution in [3.63, 3.8) is 0 Å². The number of rotatable bonds is 5. The number of hydrogen-bond acceptors (Lipinski definition) is 0. The van der Waals surface area contributed by atoms with E-state index in [-0.39, 0.29) is 0 Å². The van der Waals surface area contributed by atoms with Crippen LogP contribution in [0.5, 0.6) is 0 Å². The molecule has 0 unspecified atom stereocenters. The van der Waals surface area contributed by atoms with Gasteiger partial charge in [-0.1, -0.05) is 309 Å². The molecule has 23 aromatic rings. The molecule has 3 aliphatic rings. The lowest BCUT2D eigenvalue weighted by atomic mass is 9.97. The van der Waals surface area contributed by atoms with Gasteiger partial charge >= 0.3 is 0 Å². The third-order valence-corrected chi connectivity index (χ3v) is 24.3. The molecule has 0 bridgehead atoms. The standard InChI is InChI=1S/2C38H23N.C32H19N/c1-2-13-29-24(8-1)19-21-36-38(29)33-14-3-4-17-35(33)39(36)28-12-5-11-26(22-28)27-18-20-30-31-15-6-9-25-10-7-16-32(37(25)31)34(30)23-27;1-2-10-29-25(7-1)18-22-36-38(29)33-11-3-4-14-35(33)39(36)28-19-15-24(16-20-28)27-17-21-30-31-12-5-8-26-9-6-13-32(37(26)31)34(30)23-27;1-2-9-21-19-31-28(18-20(21)8-1)24-12-5-6-15-29(24)33(31)30-17-16-26-23-11-4-3-10-22(23)25-13-7-14-27(30)32(25)26/h2*1-23H;1-19H. The molecule has 0 saturated heterocycles. The molecule has 0 atom stereocenters. The van der Waals surface area contributed by atoms with Gasteiger partial charge in [-0.25, -0.2) is 0 Å². The van der Waals surface area contributed by atoms with Gasteiger partial charge in [0.2, 0.25) is 0 Å². The minimum absolute atomic E-state index is 1.18. The van der Waals surface area contributed by atoms with Crippen LogP contribution in [0.2, 0.25) is 0 Å². The molecule has 0 N–H and O–H groups in total. The fourth-order valence-corrected chi connectivity index (χ4v) is 19.5. The fourth-order valence-electron chi connectivity index (χ4n) is 19.5. The van der Waals surface area contributed by atoms with Gasteiger partial charge in [0, 0.05) is 49.1 Å². The van der Waals surface area contributed by atoms with Gasteiger partial charge in [-0.3, -0.25) is 0 Å². The molecule has 0 spiro atoms. The van der Waals surface area contributed by atoms with E-state index in [1.807, 2.05) is 0 Å². The van der Waals surface area contributed by atoms with Gasteiger partial charge < -0.3 is 13.7 Å². The molecule has 3 aliphatic carbocycles. The summed E-state index contributed by atoms with van der Waals surface area (Å²) in [5, 5.41) is 23.6. The lowest BCUT2D eigenvalue weighted by Crippen LogP contribution is -1.95. The maximum Gasteiger partial charge on any atom is 0.0547 e. The Morgan fingerprint density at radius 1 is 0.135 bits per heavy atom. The molecule has 3 nitrogen and oxygen atoms in total. The van der Waals surface area contributed by atoms with Gasteiger partial charge in [0.15, 0.2) is 0 Å². The number of hydrogen-bond donors (Lipinski definition) is 0. The fraction of sp³-hybridized carbons (Fsp3) is 0. The first-order valence-electron chi connectivity index (χ1n) is 38.5. The first-order chi connectivity index (χ1) is 55.1. The van der Waals surface area contributed by atoms with Gasteiger partial charge in [-0.15, -0.1) is 0 Å². The summed E-state index contributed by atoms with van der Waals surface area (Å²) >= 11 is 0. The molecular weight excluding hydrogens is 1340 g/mol. The average molecular weight is 1400 g/mol. The monoisotopic (exact) mass is 1400 g/mol. The van der Waals surface area contributed by atoms with Crippen LogP contribution in [0.15, 0.2) is 394 Å². The van der Waals surface area contributed by atoms with Crippen LogP contribution in [0.1, 0.15) is 0 Å². The van der Waals surface area contributed by atoms with Crippen LogP contribution in [-0.2, 0) is 0 Å². The maximum atomic E-state index is 2.46. The lowest BCUT2D eigenvalue weighted by molar-refractivity contribution is 1.18. The van der Waals surface area contributed by atoms with Gasteiger partial charge in [-0.2, -0.15) is 0 Å². The zero-order chi connectivity index (χ0) is 72.5. The SMILES string of the molecule is c1cc(-c2ccc3c(c2)-c2cccc4cccc-3c24)cc(-n2c3ccccc3c3c4ccccc4ccc32)c1.c1cc2c3c(cccc3c1)-c1cc(-c3ccc(-n4c5ccccc5c5c6ccccc6ccc54)cc3)ccc1-2.c1ccc2c(c1)-c1cccc3c(-n4c5ccccc5c5cc6ccccc6cc54)ccc-2c13. The Kier molecular flexibility index (Phi) is 13.3. The highest BCUT2D eigenvalue weighted by molar-refractivity contribution is 6.25. The minimum atomic E-state index is 1.18. The Bertz CT molecular complexity index is 7910. The Morgan fingerprint density at radius 3 is 1.09 bits per heavy atom. The van der Waals surface area contributed by atoms with Gasteiger partial charge in [0.1, 0.15) is 0 Å². The van der Waals surface area contributed by atoms with E-state index in [0.717, 1.165) is 0 Å². The van der Waals surface area contributed by atoms with Gasteiger partial charge in [-0.05, 0) is 233 Å². The summed E-state index contributed by atoms with van der Waals surface area (Å²) < 4.78 is 7.29. The number of fused-ring (bicyclic) bond motifs is 23. The van der Waals surface area contributed by atoms with E-state index in [1.165, 1.54) is 236 Å². The predicted octanol–water partition coefficient (Wildman–Crippen LogP) is 29.5. The molecule has 0 aliphatic heterocycles. The van der Waals surface area contributed by atoms with E-state index in [4.69, 9.17) is 0 Å². The van der Waals surface area contributed by atoms with Crippen molar-refractivity contribution in [2.24, 2.45) is 0 Å². The molecule has 3 heteroatoms. The van der Waals surface area contributed by atoms with Crippen molar-refractivity contribution in [1.29, 1.82) is 0 Å². The quantitative estimate of drug-likeness (QED) is 0.163. The molecule has 3 heterocycles. The van der Waals surface area contributed by atoms with E-state index in [0.29, 0.717) is 0 Å². The Morgan fingerprint density at radius 2 is 0.514 bits per heavy atom. The van der Waals surface area contributed by atoms with Crippen molar-refractivity contribution in [2.45, 2.75) is 0 Å². The van der Waals surface area contributed by atoms with E-state index in [9.17, 15) is 0 Å². The Hall–Kier alpha value is -14.6. The van der Waals surface area contributed by atoms with Crippen LogP contribution in [0, 0.1) is 0 Å². The first kappa shape index (κ1) is 61.5. The zero-order valence-electron chi connectivity index (χ0n) is 60.4. The number of para-hydroxylation sites is 3. The second kappa shape index (κ2) is 23.9. The van der Waals surface area contributed by atoms with Crippen LogP contribution in [0.3, 0.4) is 0 Å². The summed E-state index contributed by atoms with van der Waals surface area (Å²) in [6.07, 6.45) is 0. The summed E-state index contributed by atoms with van der Waals surface area (Å²) in [5.41, 5.74) is 32.0. The third kappa shape index (κ3) is 9.15. The highest BCUT2D eigenvalue weighted by atomic mass is 15.0. The summed E-state index contributed by atoms with van der Waals surface area (Å²) in [7, 11) is 0. The van der Waals surface area contributed by atoms with Crippen molar-refractivity contribution in [2.75, 3.05) is 0 Å². The molecule has 26 rings (SSSR count). The second-order valence-corrected chi connectivity index (χ2v) is 30.1. The summed E-state index contributed by atoms with van der Waals surface area (Å²) in [6.45, 7) is 0. The average Bonchev–Trinajstić information content (AvgIpc) is 1.56. The number of aromatic nitrogens is 3. The van der Waals surface area contributed by atoms with Crippen molar-refractivity contribution >= 4 is 130 Å². The zero-order valence-corrected chi connectivity index (χ0v) is 60.4. The van der Waals surface area contributed by atoms with Crippen molar-refractivity contribution in [1.82, 2.24) is 13.7 Å². The summed E-state index contributed by atoms with van der Waals surface area (Å²) in [5.74, 6) is 0. The van der Waals surface area contributed by atoms with Crippen molar-refractivity contribution in [3.05, 3.63) is 394 Å². The van der Waals surface area contributed by atoms with Crippen molar-refractivity contribution in [3.8, 4) is 106 Å². The maximum absolute atomic E-state index is 2.46. The smallest absolute Gasteiger partial charge is 0.0547 e. The second-order valence-electron chi connectivity index (χ2n) is 30.1. The predicted molar refractivity (Wildman–Crippen MR) is 472 cm³/mol. The highest BCUT2D eigenvalue weighted by Crippen LogP contribution is 2.53. The summed E-state index contributed by atoms with van der Waals surface area (Å²) in [4.78, 5) is 0. The Balaban J connectivity index is 0.0000000975. The molecular formula is C108H65N3. The van der Waals surface area contributed by atoms with Crippen LogP contribution in [0.4, 0.5) is 0 Å². The Labute approximate surface area is 639 Å². The first-order valence-corrected chi connectivity index (χ1v) is 38.5. The lowest BCUT2D eigenvalue weighted by Gasteiger charge is -2.13. The van der Waals surface area contributed by atoms with E-state index < -0.39 is 0 Å². The topological polar surface area (TPSA) is 14.8 Å². The molecule has 512 valence electrons. The molecule has 0 fully saturated rings. The van der Waals surface area contributed by atoms with Crippen LogP contribution in [0.25, 0.3) is 236 Å².